The van der Waals surface area contributed by atoms with Crippen LogP contribution in [0.15, 0.2) is 30.5 Å². The summed E-state index contributed by atoms with van der Waals surface area (Å²) < 4.78 is 24.7. The first-order valence-electron chi connectivity index (χ1n) is 6.75. The quantitative estimate of drug-likeness (QED) is 0.942. The number of rotatable bonds is 4. The Labute approximate surface area is 125 Å². The van der Waals surface area contributed by atoms with Gasteiger partial charge in [0.15, 0.2) is 9.84 Å². The molecule has 0 aliphatic heterocycles. The lowest BCUT2D eigenvalue weighted by molar-refractivity contribution is 0.593. The van der Waals surface area contributed by atoms with E-state index in [1.165, 1.54) is 0 Å². The summed E-state index contributed by atoms with van der Waals surface area (Å²) in [5.41, 5.74) is 10.6. The molecule has 1 aromatic carbocycles. The van der Waals surface area contributed by atoms with Crippen LogP contribution < -0.4 is 5.73 Å². The van der Waals surface area contributed by atoms with Crippen LogP contribution in [0.3, 0.4) is 0 Å². The number of pyridine rings is 1. The number of benzene rings is 1. The summed E-state index contributed by atoms with van der Waals surface area (Å²) in [4.78, 5) is 4.22. The number of nitrogen functional groups attached to an aromatic ring is 1. The first-order valence-corrected chi connectivity index (χ1v) is 8.57. The monoisotopic (exact) mass is 304 g/mol. The van der Waals surface area contributed by atoms with Crippen LogP contribution in [0.4, 0.5) is 5.69 Å². The van der Waals surface area contributed by atoms with Crippen molar-refractivity contribution in [2.45, 2.75) is 32.3 Å². The van der Waals surface area contributed by atoms with Gasteiger partial charge in [0.2, 0.25) is 0 Å². The van der Waals surface area contributed by atoms with Crippen LogP contribution >= 0.6 is 0 Å². The first-order chi connectivity index (χ1) is 9.78. The lowest BCUT2D eigenvalue weighted by atomic mass is 10.1. The summed E-state index contributed by atoms with van der Waals surface area (Å²) in [5.74, 6) is -0.0686. The van der Waals surface area contributed by atoms with E-state index >= 15 is 0 Å². The standard InChI is InChI=1S/C16H20N2O2S/c1-11-5-4-6-14(7-11)9-21(19,20)10-15-13(3)16(17)12(2)8-18-15/h4-8H,9-10H2,1-3H3,(H2,17,18). The van der Waals surface area contributed by atoms with Crippen molar-refractivity contribution in [1.82, 2.24) is 4.98 Å². The fourth-order valence-corrected chi connectivity index (χ4v) is 3.75. The van der Waals surface area contributed by atoms with E-state index in [2.05, 4.69) is 4.98 Å². The molecule has 0 aliphatic rings. The van der Waals surface area contributed by atoms with Crippen molar-refractivity contribution >= 4 is 15.5 Å². The summed E-state index contributed by atoms with van der Waals surface area (Å²) in [5, 5.41) is 0. The predicted molar refractivity (Wildman–Crippen MR) is 85.6 cm³/mol. The predicted octanol–water partition coefficient (Wildman–Crippen LogP) is 2.70. The van der Waals surface area contributed by atoms with E-state index in [-0.39, 0.29) is 11.5 Å². The van der Waals surface area contributed by atoms with Gasteiger partial charge in [-0.2, -0.15) is 0 Å². The molecule has 112 valence electrons. The maximum atomic E-state index is 12.3. The highest BCUT2D eigenvalue weighted by atomic mass is 32.2. The second-order valence-corrected chi connectivity index (χ2v) is 7.51. The van der Waals surface area contributed by atoms with Crippen molar-refractivity contribution in [3.8, 4) is 0 Å². The van der Waals surface area contributed by atoms with E-state index in [1.807, 2.05) is 45.0 Å². The maximum Gasteiger partial charge on any atom is 0.160 e. The van der Waals surface area contributed by atoms with Crippen LogP contribution in [0.2, 0.25) is 0 Å². The summed E-state index contributed by atoms with van der Waals surface area (Å²) in [6.07, 6.45) is 1.62. The van der Waals surface area contributed by atoms with Gasteiger partial charge in [0.05, 0.1) is 17.2 Å². The Morgan fingerprint density at radius 1 is 1.14 bits per heavy atom. The van der Waals surface area contributed by atoms with Crippen LogP contribution in [0.5, 0.6) is 0 Å². The molecular weight excluding hydrogens is 284 g/mol. The fraction of sp³-hybridized carbons (Fsp3) is 0.312. The molecular formula is C16H20N2O2S. The number of nitrogens with zero attached hydrogens (tertiary/aromatic N) is 1. The minimum absolute atomic E-state index is 0.0174. The molecule has 0 amide bonds. The molecule has 0 spiro atoms. The number of anilines is 1. The third-order valence-corrected chi connectivity index (χ3v) is 4.99. The molecule has 1 heterocycles. The van der Waals surface area contributed by atoms with E-state index in [0.29, 0.717) is 11.4 Å². The van der Waals surface area contributed by atoms with Crippen molar-refractivity contribution in [2.75, 3.05) is 5.73 Å². The Balaban J connectivity index is 2.24. The van der Waals surface area contributed by atoms with Crippen LogP contribution in [-0.2, 0) is 21.3 Å². The maximum absolute atomic E-state index is 12.3. The van der Waals surface area contributed by atoms with Gasteiger partial charge >= 0.3 is 0 Å². The molecule has 0 saturated carbocycles. The zero-order valence-corrected chi connectivity index (χ0v) is 13.4. The smallest absolute Gasteiger partial charge is 0.160 e. The fourth-order valence-electron chi connectivity index (χ4n) is 2.25. The van der Waals surface area contributed by atoms with Crippen LogP contribution in [0.1, 0.15) is 27.9 Å². The van der Waals surface area contributed by atoms with Crippen molar-refractivity contribution in [3.05, 3.63) is 58.4 Å². The van der Waals surface area contributed by atoms with Gasteiger partial charge in [-0.1, -0.05) is 29.8 Å². The minimum atomic E-state index is -3.27. The van der Waals surface area contributed by atoms with Crippen molar-refractivity contribution in [3.63, 3.8) is 0 Å². The molecule has 2 N–H and O–H groups in total. The number of hydrogen-bond acceptors (Lipinski definition) is 4. The van der Waals surface area contributed by atoms with Gasteiger partial charge in [-0.15, -0.1) is 0 Å². The average Bonchev–Trinajstić information content (AvgIpc) is 2.39. The van der Waals surface area contributed by atoms with Gasteiger partial charge < -0.3 is 5.73 Å². The zero-order valence-electron chi connectivity index (χ0n) is 12.6. The summed E-state index contributed by atoms with van der Waals surface area (Å²) in [6.45, 7) is 5.62. The second-order valence-electron chi connectivity index (χ2n) is 5.45. The van der Waals surface area contributed by atoms with Gasteiger partial charge in [0.1, 0.15) is 0 Å². The molecule has 21 heavy (non-hydrogen) atoms. The topological polar surface area (TPSA) is 73.0 Å². The van der Waals surface area contributed by atoms with Crippen LogP contribution in [0, 0.1) is 20.8 Å². The highest BCUT2D eigenvalue weighted by molar-refractivity contribution is 7.89. The van der Waals surface area contributed by atoms with Crippen LogP contribution in [-0.4, -0.2) is 13.4 Å². The summed E-state index contributed by atoms with van der Waals surface area (Å²) >= 11 is 0. The molecule has 1 aromatic heterocycles. The van der Waals surface area contributed by atoms with Gasteiger partial charge in [-0.3, -0.25) is 4.98 Å². The average molecular weight is 304 g/mol. The number of aryl methyl sites for hydroxylation is 2. The molecule has 4 nitrogen and oxygen atoms in total. The summed E-state index contributed by atoms with van der Waals surface area (Å²) in [7, 11) is -3.27. The number of nitrogens with two attached hydrogens (primary N) is 1. The van der Waals surface area contributed by atoms with E-state index in [1.54, 1.807) is 6.20 Å². The van der Waals surface area contributed by atoms with E-state index in [0.717, 1.165) is 22.3 Å². The number of sulfone groups is 1. The molecule has 5 heteroatoms. The van der Waals surface area contributed by atoms with E-state index < -0.39 is 9.84 Å². The Kier molecular flexibility index (Phi) is 4.32. The van der Waals surface area contributed by atoms with E-state index in [4.69, 9.17) is 5.73 Å². The SMILES string of the molecule is Cc1cccc(CS(=O)(=O)Cc2ncc(C)c(N)c2C)c1. The second kappa shape index (κ2) is 5.85. The largest absolute Gasteiger partial charge is 0.398 e. The van der Waals surface area contributed by atoms with Gasteiger partial charge in [-0.25, -0.2) is 8.42 Å². The molecule has 0 saturated heterocycles. The Hall–Kier alpha value is -1.88. The molecule has 0 bridgehead atoms. The Morgan fingerprint density at radius 2 is 1.86 bits per heavy atom. The highest BCUT2D eigenvalue weighted by Gasteiger charge is 2.17. The molecule has 0 radical (unpaired) electrons. The summed E-state index contributed by atoms with van der Waals surface area (Å²) in [6, 6.07) is 7.53. The third kappa shape index (κ3) is 3.82. The van der Waals surface area contributed by atoms with Gasteiger partial charge in [-0.05, 0) is 37.5 Å². The first kappa shape index (κ1) is 15.5. The van der Waals surface area contributed by atoms with Crippen molar-refractivity contribution in [1.29, 1.82) is 0 Å². The number of aromatic nitrogens is 1. The highest BCUT2D eigenvalue weighted by Crippen LogP contribution is 2.21. The molecule has 0 fully saturated rings. The lowest BCUT2D eigenvalue weighted by Gasteiger charge is -2.10. The van der Waals surface area contributed by atoms with Gasteiger partial charge in [0, 0.05) is 11.9 Å². The Morgan fingerprint density at radius 3 is 2.52 bits per heavy atom. The molecule has 2 aromatic rings. The van der Waals surface area contributed by atoms with Crippen LogP contribution in [0.25, 0.3) is 0 Å². The minimum Gasteiger partial charge on any atom is -0.398 e. The zero-order chi connectivity index (χ0) is 15.6. The third-order valence-electron chi connectivity index (χ3n) is 3.50. The normalized spacial score (nSPS) is 11.6. The van der Waals surface area contributed by atoms with Crippen molar-refractivity contribution in [2.24, 2.45) is 0 Å². The molecule has 0 atom stereocenters. The lowest BCUT2D eigenvalue weighted by Crippen LogP contribution is -2.11. The molecule has 0 aliphatic carbocycles. The van der Waals surface area contributed by atoms with E-state index in [9.17, 15) is 8.42 Å². The molecule has 2 rings (SSSR count). The molecule has 0 unspecified atom stereocenters. The van der Waals surface area contributed by atoms with Gasteiger partial charge in [0.25, 0.3) is 0 Å². The Bertz CT molecular complexity index is 768. The number of hydrogen-bond donors (Lipinski definition) is 1. The van der Waals surface area contributed by atoms with Crippen molar-refractivity contribution < 1.29 is 8.42 Å².